The van der Waals surface area contributed by atoms with Crippen molar-refractivity contribution in [2.45, 2.75) is 52.2 Å². The van der Waals surface area contributed by atoms with E-state index >= 15 is 0 Å². The van der Waals surface area contributed by atoms with Crippen molar-refractivity contribution in [1.29, 1.82) is 0 Å². The third-order valence-corrected chi connectivity index (χ3v) is 1.59. The molecular formula is C10H20N2O3. The first kappa shape index (κ1) is 13.7. The SMILES string of the molecule is CC(CCC(=O)OC(C)(C)C)NC(N)=O. The van der Waals surface area contributed by atoms with Gasteiger partial charge in [-0.05, 0) is 34.1 Å². The van der Waals surface area contributed by atoms with Gasteiger partial charge in [0.25, 0.3) is 0 Å². The van der Waals surface area contributed by atoms with E-state index in [9.17, 15) is 9.59 Å². The van der Waals surface area contributed by atoms with Gasteiger partial charge < -0.3 is 15.8 Å². The molecule has 5 nitrogen and oxygen atoms in total. The molecule has 0 aliphatic rings. The Morgan fingerprint density at radius 1 is 1.40 bits per heavy atom. The molecule has 1 unspecified atom stereocenters. The molecule has 0 aliphatic heterocycles. The molecule has 0 saturated heterocycles. The van der Waals surface area contributed by atoms with Crippen molar-refractivity contribution in [3.05, 3.63) is 0 Å². The summed E-state index contributed by atoms with van der Waals surface area (Å²) in [7, 11) is 0. The Kier molecular flexibility index (Phi) is 5.11. The fourth-order valence-corrected chi connectivity index (χ4v) is 1.04. The second kappa shape index (κ2) is 5.58. The summed E-state index contributed by atoms with van der Waals surface area (Å²) in [6, 6.07) is -0.693. The minimum absolute atomic E-state index is 0.116. The summed E-state index contributed by atoms with van der Waals surface area (Å²) in [5, 5.41) is 2.49. The van der Waals surface area contributed by atoms with Crippen molar-refractivity contribution in [3.8, 4) is 0 Å². The highest BCUT2D eigenvalue weighted by Crippen LogP contribution is 2.09. The Balaban J connectivity index is 3.76. The molecule has 88 valence electrons. The average molecular weight is 216 g/mol. The summed E-state index contributed by atoms with van der Waals surface area (Å²) in [4.78, 5) is 21.8. The van der Waals surface area contributed by atoms with E-state index in [4.69, 9.17) is 10.5 Å². The third kappa shape index (κ3) is 9.05. The molecule has 0 aromatic rings. The van der Waals surface area contributed by atoms with E-state index in [2.05, 4.69) is 5.32 Å². The quantitative estimate of drug-likeness (QED) is 0.692. The molecule has 0 spiro atoms. The van der Waals surface area contributed by atoms with Gasteiger partial charge in [0.2, 0.25) is 0 Å². The first-order chi connectivity index (χ1) is 6.70. The molecule has 0 heterocycles. The highest BCUT2D eigenvalue weighted by atomic mass is 16.6. The predicted molar refractivity (Wildman–Crippen MR) is 57.3 cm³/mol. The van der Waals surface area contributed by atoms with E-state index in [1.807, 2.05) is 20.8 Å². The van der Waals surface area contributed by atoms with Gasteiger partial charge in [-0.3, -0.25) is 4.79 Å². The molecule has 0 saturated carbocycles. The Labute approximate surface area is 90.4 Å². The molecule has 2 amide bonds. The molecule has 15 heavy (non-hydrogen) atoms. The second-order valence-electron chi connectivity index (χ2n) is 4.53. The van der Waals surface area contributed by atoms with E-state index in [0.29, 0.717) is 6.42 Å². The van der Waals surface area contributed by atoms with E-state index in [1.165, 1.54) is 0 Å². The van der Waals surface area contributed by atoms with Crippen molar-refractivity contribution in [2.24, 2.45) is 5.73 Å². The highest BCUT2D eigenvalue weighted by Gasteiger charge is 2.16. The average Bonchev–Trinajstić information content (AvgIpc) is 1.96. The smallest absolute Gasteiger partial charge is 0.312 e. The number of nitrogens with two attached hydrogens (primary N) is 1. The van der Waals surface area contributed by atoms with Gasteiger partial charge >= 0.3 is 12.0 Å². The molecular weight excluding hydrogens is 196 g/mol. The van der Waals surface area contributed by atoms with Crippen LogP contribution >= 0.6 is 0 Å². The second-order valence-corrected chi connectivity index (χ2v) is 4.53. The maximum Gasteiger partial charge on any atom is 0.312 e. The first-order valence-corrected chi connectivity index (χ1v) is 4.98. The Morgan fingerprint density at radius 3 is 2.33 bits per heavy atom. The van der Waals surface area contributed by atoms with E-state index in [-0.39, 0.29) is 18.4 Å². The van der Waals surface area contributed by atoms with Crippen molar-refractivity contribution < 1.29 is 14.3 Å². The number of nitrogens with one attached hydrogen (secondary N) is 1. The number of hydrogen-bond donors (Lipinski definition) is 2. The zero-order valence-corrected chi connectivity index (χ0v) is 9.79. The number of carbonyl (C=O) groups is 2. The third-order valence-electron chi connectivity index (χ3n) is 1.59. The molecule has 0 fully saturated rings. The zero-order chi connectivity index (χ0) is 12.1. The molecule has 0 radical (unpaired) electrons. The maximum atomic E-state index is 11.3. The monoisotopic (exact) mass is 216 g/mol. The van der Waals surface area contributed by atoms with Crippen molar-refractivity contribution in [1.82, 2.24) is 5.32 Å². The standard InChI is InChI=1S/C10H20N2O3/c1-7(12-9(11)14)5-6-8(13)15-10(2,3)4/h7H,5-6H2,1-4H3,(H3,11,12,14). The largest absolute Gasteiger partial charge is 0.460 e. The van der Waals surface area contributed by atoms with E-state index in [1.54, 1.807) is 6.92 Å². The van der Waals surface area contributed by atoms with Crippen LogP contribution in [0.2, 0.25) is 0 Å². The number of amides is 2. The van der Waals surface area contributed by atoms with Crippen LogP contribution in [0.25, 0.3) is 0 Å². The lowest BCUT2D eigenvalue weighted by Gasteiger charge is -2.20. The van der Waals surface area contributed by atoms with Gasteiger partial charge in [-0.1, -0.05) is 0 Å². The van der Waals surface area contributed by atoms with E-state index in [0.717, 1.165) is 0 Å². The molecule has 0 bridgehead atoms. The summed E-state index contributed by atoms with van der Waals surface area (Å²) in [6.45, 7) is 7.23. The number of carbonyl (C=O) groups excluding carboxylic acids is 2. The van der Waals surface area contributed by atoms with Gasteiger partial charge in [0.15, 0.2) is 0 Å². The molecule has 3 N–H and O–H groups in total. The van der Waals surface area contributed by atoms with Crippen LogP contribution in [0.4, 0.5) is 4.79 Å². The van der Waals surface area contributed by atoms with E-state index < -0.39 is 11.6 Å². The number of primary amides is 1. The summed E-state index contributed by atoms with van der Waals surface area (Å²) < 4.78 is 5.11. The van der Waals surface area contributed by atoms with Crippen LogP contribution in [0.3, 0.4) is 0 Å². The first-order valence-electron chi connectivity index (χ1n) is 4.98. The summed E-state index contributed by atoms with van der Waals surface area (Å²) in [5.74, 6) is -0.263. The van der Waals surface area contributed by atoms with Crippen LogP contribution in [0, 0.1) is 0 Å². The van der Waals surface area contributed by atoms with Crippen LogP contribution in [0.5, 0.6) is 0 Å². The topological polar surface area (TPSA) is 81.4 Å². The fourth-order valence-electron chi connectivity index (χ4n) is 1.04. The highest BCUT2D eigenvalue weighted by molar-refractivity contribution is 5.72. The van der Waals surface area contributed by atoms with Gasteiger partial charge in [0.05, 0.1) is 0 Å². The Bertz CT molecular complexity index is 233. The Morgan fingerprint density at radius 2 is 1.93 bits per heavy atom. The lowest BCUT2D eigenvalue weighted by Crippen LogP contribution is -2.37. The predicted octanol–water partition coefficient (Wildman–Crippen LogP) is 1.17. The number of ether oxygens (including phenoxy) is 1. The number of hydrogen-bond acceptors (Lipinski definition) is 3. The molecule has 0 rings (SSSR count). The lowest BCUT2D eigenvalue weighted by atomic mass is 10.1. The fraction of sp³-hybridized carbons (Fsp3) is 0.800. The minimum Gasteiger partial charge on any atom is -0.460 e. The van der Waals surface area contributed by atoms with Crippen molar-refractivity contribution in [3.63, 3.8) is 0 Å². The van der Waals surface area contributed by atoms with Gasteiger partial charge in [0, 0.05) is 12.5 Å². The molecule has 0 aromatic heterocycles. The summed E-state index contributed by atoms with van der Waals surface area (Å²) >= 11 is 0. The van der Waals surface area contributed by atoms with Crippen LogP contribution < -0.4 is 11.1 Å². The molecule has 5 heteroatoms. The zero-order valence-electron chi connectivity index (χ0n) is 9.79. The number of urea groups is 1. The normalized spacial score (nSPS) is 13.1. The van der Waals surface area contributed by atoms with Crippen LogP contribution in [-0.2, 0) is 9.53 Å². The van der Waals surface area contributed by atoms with Gasteiger partial charge in [-0.25, -0.2) is 4.79 Å². The summed E-state index contributed by atoms with van der Waals surface area (Å²) in [5.41, 5.74) is 4.47. The van der Waals surface area contributed by atoms with Crippen LogP contribution in [-0.4, -0.2) is 23.6 Å². The summed E-state index contributed by atoms with van der Waals surface area (Å²) in [6.07, 6.45) is 0.802. The maximum absolute atomic E-state index is 11.3. The van der Waals surface area contributed by atoms with Crippen LogP contribution in [0.15, 0.2) is 0 Å². The molecule has 1 atom stereocenters. The minimum atomic E-state index is -0.577. The lowest BCUT2D eigenvalue weighted by molar-refractivity contribution is -0.155. The van der Waals surface area contributed by atoms with Gasteiger partial charge in [0.1, 0.15) is 5.60 Å². The van der Waals surface area contributed by atoms with Crippen molar-refractivity contribution in [2.75, 3.05) is 0 Å². The molecule has 0 aromatic carbocycles. The Hall–Kier alpha value is -1.26. The van der Waals surface area contributed by atoms with Gasteiger partial charge in [-0.15, -0.1) is 0 Å². The number of esters is 1. The number of rotatable bonds is 4. The van der Waals surface area contributed by atoms with Crippen LogP contribution in [0.1, 0.15) is 40.5 Å². The van der Waals surface area contributed by atoms with Gasteiger partial charge in [-0.2, -0.15) is 0 Å². The molecule has 0 aliphatic carbocycles. The van der Waals surface area contributed by atoms with Crippen molar-refractivity contribution >= 4 is 12.0 Å².